The highest BCUT2D eigenvalue weighted by atomic mass is 35.5. The Morgan fingerprint density at radius 3 is 2.04 bits per heavy atom. The molecule has 0 N–H and O–H groups in total. The molecule has 0 unspecified atom stereocenters. The molecule has 0 aromatic heterocycles. The first-order valence-electron chi connectivity index (χ1n) is 6.02. The normalized spacial score (nSPS) is 12.0. The van der Waals surface area contributed by atoms with E-state index < -0.39 is 7.25 Å². The van der Waals surface area contributed by atoms with Crippen molar-refractivity contribution in [3.63, 3.8) is 0 Å². The minimum absolute atomic E-state index is 0.113. The molecule has 0 radical (unpaired) electrons. The maximum absolute atomic E-state index is 12.2. The Hall–Kier alpha value is -2.11. The molecule has 0 saturated heterocycles. The number of ketones is 1. The lowest BCUT2D eigenvalue weighted by Crippen LogP contribution is -2.02. The Morgan fingerprint density at radius 1 is 0.913 bits per heavy atom. The van der Waals surface area contributed by atoms with E-state index in [1.54, 1.807) is 24.3 Å². The van der Waals surface area contributed by atoms with Gasteiger partial charge in [-0.2, -0.15) is 0 Å². The SMILES string of the molecule is F[B-](F)(F)F.N#[N+]c1cc2c(cc1Cl)-c1cc(Cl)ccc1C2=O. The quantitative estimate of drug-likeness (QED) is 0.280. The number of diazo groups is 1. The van der Waals surface area contributed by atoms with E-state index in [1.165, 1.54) is 6.07 Å². The molecule has 0 atom stereocenters. The summed E-state index contributed by atoms with van der Waals surface area (Å²) < 4.78 is 39.0. The smallest absolute Gasteiger partial charge is 0.418 e. The summed E-state index contributed by atoms with van der Waals surface area (Å²) in [5.74, 6) is -0.113. The van der Waals surface area contributed by atoms with Gasteiger partial charge in [-0.25, -0.2) is 0 Å². The first kappa shape index (κ1) is 17.3. The van der Waals surface area contributed by atoms with Crippen molar-refractivity contribution < 1.29 is 22.1 Å². The van der Waals surface area contributed by atoms with Crippen molar-refractivity contribution in [2.75, 3.05) is 0 Å². The fourth-order valence-electron chi connectivity index (χ4n) is 2.13. The zero-order valence-corrected chi connectivity index (χ0v) is 12.5. The number of hydrogen-bond donors (Lipinski definition) is 0. The van der Waals surface area contributed by atoms with Crippen LogP contribution < -0.4 is 0 Å². The summed E-state index contributed by atoms with van der Waals surface area (Å²) >= 11 is 11.9. The molecule has 10 heteroatoms. The lowest BCUT2D eigenvalue weighted by Gasteiger charge is -1.99. The number of carbonyl (C=O) groups is 1. The zero-order valence-electron chi connectivity index (χ0n) is 11.0. The number of nitrogens with zero attached hydrogens (tertiary/aromatic N) is 2. The summed E-state index contributed by atoms with van der Waals surface area (Å²) in [6.07, 6.45) is 0. The van der Waals surface area contributed by atoms with Gasteiger partial charge in [-0.3, -0.25) is 4.79 Å². The molecule has 3 nitrogen and oxygen atoms in total. The van der Waals surface area contributed by atoms with Gasteiger partial charge in [-0.1, -0.05) is 23.2 Å². The number of benzene rings is 2. The van der Waals surface area contributed by atoms with Crippen LogP contribution in [0, 0.1) is 5.39 Å². The third kappa shape index (κ3) is 3.81. The van der Waals surface area contributed by atoms with Gasteiger partial charge < -0.3 is 17.3 Å². The van der Waals surface area contributed by atoms with Crippen LogP contribution in [0.1, 0.15) is 15.9 Å². The number of carbonyl (C=O) groups excluding carboxylic acids is 1. The number of rotatable bonds is 0. The molecule has 0 spiro atoms. The molecule has 0 heterocycles. The van der Waals surface area contributed by atoms with E-state index in [9.17, 15) is 22.1 Å². The van der Waals surface area contributed by atoms with Gasteiger partial charge in [-0.15, -0.1) is 0 Å². The van der Waals surface area contributed by atoms with E-state index in [4.69, 9.17) is 28.6 Å². The molecule has 0 amide bonds. The van der Waals surface area contributed by atoms with E-state index >= 15 is 0 Å². The molecule has 3 rings (SSSR count). The van der Waals surface area contributed by atoms with Crippen LogP contribution >= 0.6 is 23.2 Å². The van der Waals surface area contributed by atoms with E-state index in [0.717, 1.165) is 11.1 Å². The molecular weight excluding hydrogens is 358 g/mol. The summed E-state index contributed by atoms with van der Waals surface area (Å²) in [6.45, 7) is 0. The lowest BCUT2D eigenvalue weighted by molar-refractivity contribution is 0.104. The van der Waals surface area contributed by atoms with E-state index in [-0.39, 0.29) is 16.5 Å². The summed E-state index contributed by atoms with van der Waals surface area (Å²) in [4.78, 5) is 15.2. The predicted molar refractivity (Wildman–Crippen MR) is 80.3 cm³/mol. The van der Waals surface area contributed by atoms with Crippen molar-refractivity contribution in [1.82, 2.24) is 0 Å². The molecule has 1 aliphatic rings. The first-order valence-corrected chi connectivity index (χ1v) is 6.78. The fourth-order valence-corrected chi connectivity index (χ4v) is 2.51. The summed E-state index contributed by atoms with van der Waals surface area (Å²) in [6, 6.07) is 8.18. The highest BCUT2D eigenvalue weighted by Gasteiger charge is 2.30. The standard InChI is InChI=1S/C13H5Cl2N2O.BF4/c14-6-1-2-7-8(3-6)9-4-11(15)12(17-16)5-10(9)13(7)18;2-1(3,4)5/h1-5H;/q+1;-1. The molecule has 0 saturated carbocycles. The molecule has 1 aliphatic carbocycles. The molecule has 0 aliphatic heterocycles. The van der Waals surface area contributed by atoms with Crippen LogP contribution in [-0.2, 0) is 0 Å². The number of fused-ring (bicyclic) bond motifs is 3. The highest BCUT2D eigenvalue weighted by Crippen LogP contribution is 2.42. The largest absolute Gasteiger partial charge is 0.673 e. The van der Waals surface area contributed by atoms with Gasteiger partial charge in [0.1, 0.15) is 5.02 Å². The summed E-state index contributed by atoms with van der Waals surface area (Å²) in [5.41, 5.74) is 2.72. The van der Waals surface area contributed by atoms with E-state index in [1.807, 2.05) is 0 Å². The Morgan fingerprint density at radius 2 is 1.48 bits per heavy atom. The molecule has 2 aromatic carbocycles. The summed E-state index contributed by atoms with van der Waals surface area (Å²) in [7, 11) is -6.00. The molecule has 2 aromatic rings. The van der Waals surface area contributed by atoms with Crippen molar-refractivity contribution >= 4 is 41.9 Å². The van der Waals surface area contributed by atoms with Gasteiger partial charge in [0, 0.05) is 22.2 Å². The van der Waals surface area contributed by atoms with E-state index in [0.29, 0.717) is 16.1 Å². The molecule has 0 fully saturated rings. The van der Waals surface area contributed by atoms with Gasteiger partial charge in [0.05, 0.1) is 0 Å². The van der Waals surface area contributed by atoms with Crippen LogP contribution in [0.15, 0.2) is 30.3 Å². The van der Waals surface area contributed by atoms with Crippen LogP contribution in [0.4, 0.5) is 23.0 Å². The van der Waals surface area contributed by atoms with Crippen LogP contribution in [0.25, 0.3) is 16.1 Å². The Labute approximate surface area is 137 Å². The Kier molecular flexibility index (Phi) is 4.64. The van der Waals surface area contributed by atoms with Gasteiger partial charge in [-0.05, 0) is 35.4 Å². The van der Waals surface area contributed by atoms with E-state index in [2.05, 4.69) is 4.98 Å². The number of hydrogen-bond acceptors (Lipinski definition) is 2. The lowest BCUT2D eigenvalue weighted by atomic mass is 10.1. The maximum Gasteiger partial charge on any atom is 0.673 e. The molecular formula is C13H5BCl2F4N2O. The van der Waals surface area contributed by atoms with Gasteiger partial charge in [0.2, 0.25) is 5.39 Å². The average Bonchev–Trinajstić information content (AvgIpc) is 2.68. The Balaban J connectivity index is 0.000000338. The molecule has 118 valence electrons. The van der Waals surface area contributed by atoms with Gasteiger partial charge in [0.25, 0.3) is 0 Å². The van der Waals surface area contributed by atoms with Crippen molar-refractivity contribution in [1.29, 1.82) is 5.39 Å². The van der Waals surface area contributed by atoms with Crippen LogP contribution in [0.3, 0.4) is 0 Å². The van der Waals surface area contributed by atoms with Crippen molar-refractivity contribution in [3.8, 4) is 11.1 Å². The second-order valence-electron chi connectivity index (χ2n) is 4.46. The average molecular weight is 363 g/mol. The zero-order chi connectivity index (χ0) is 17.4. The van der Waals surface area contributed by atoms with Crippen LogP contribution in [0.2, 0.25) is 10.0 Å². The van der Waals surface area contributed by atoms with Crippen molar-refractivity contribution in [3.05, 3.63) is 56.5 Å². The first-order chi connectivity index (χ1) is 10.6. The predicted octanol–water partition coefficient (Wildman–Crippen LogP) is 5.99. The van der Waals surface area contributed by atoms with Crippen molar-refractivity contribution in [2.45, 2.75) is 0 Å². The third-order valence-corrected chi connectivity index (χ3v) is 3.49. The third-order valence-electron chi connectivity index (χ3n) is 2.96. The summed E-state index contributed by atoms with van der Waals surface area (Å²) in [5, 5.41) is 9.65. The van der Waals surface area contributed by atoms with Crippen LogP contribution in [0.5, 0.6) is 0 Å². The molecule has 23 heavy (non-hydrogen) atoms. The fraction of sp³-hybridized carbons (Fsp3) is 0. The minimum Gasteiger partial charge on any atom is -0.418 e. The second-order valence-corrected chi connectivity index (χ2v) is 5.31. The van der Waals surface area contributed by atoms with Crippen molar-refractivity contribution in [2.24, 2.45) is 0 Å². The minimum atomic E-state index is -6.00. The molecule has 0 bridgehead atoms. The van der Waals surface area contributed by atoms with Gasteiger partial charge >= 0.3 is 12.9 Å². The highest BCUT2D eigenvalue weighted by molar-refractivity contribution is 6.50. The topological polar surface area (TPSA) is 45.2 Å². The maximum atomic E-state index is 12.2. The van der Waals surface area contributed by atoms with Crippen LogP contribution in [-0.4, -0.2) is 13.0 Å². The van der Waals surface area contributed by atoms with Gasteiger partial charge in [0.15, 0.2) is 10.8 Å². The number of halogens is 6. The Bertz CT molecular complexity index is 843. The monoisotopic (exact) mass is 362 g/mol. The second kappa shape index (κ2) is 6.18.